The number of hydrogen-bond donors (Lipinski definition) is 1. The Labute approximate surface area is 69.1 Å². The van der Waals surface area contributed by atoms with E-state index in [2.05, 4.69) is 5.32 Å². The maximum absolute atomic E-state index is 10.2. The number of carbonyl (C=O) groups excluding carboxylic acids is 1. The third kappa shape index (κ3) is 17.7. The Bertz CT molecular complexity index is 84.2. The van der Waals surface area contributed by atoms with Crippen molar-refractivity contribution in [3.63, 3.8) is 0 Å². The van der Waals surface area contributed by atoms with Crippen LogP contribution in [0.2, 0.25) is 0 Å². The third-order valence-electron chi connectivity index (χ3n) is 0.824. The molecule has 0 spiro atoms. The number of carbonyl (C=O) groups is 1. The Kier molecular flexibility index (Phi) is 14.4. The molecule has 11 heavy (non-hydrogen) atoms. The lowest BCUT2D eigenvalue weighted by atomic mass is 10.6. The third-order valence-corrected chi connectivity index (χ3v) is 0.824. The molecule has 0 aliphatic carbocycles. The first-order valence-electron chi connectivity index (χ1n) is 4.09. The van der Waals surface area contributed by atoms with Crippen molar-refractivity contribution in [1.29, 1.82) is 0 Å². The highest BCUT2D eigenvalue weighted by atomic mass is 16.5. The van der Waals surface area contributed by atoms with Gasteiger partial charge < -0.3 is 10.1 Å². The number of rotatable bonds is 4. The fourth-order valence-electron chi connectivity index (χ4n) is 0.444. The molecule has 0 aromatic rings. The van der Waals surface area contributed by atoms with Gasteiger partial charge in [-0.05, 0) is 6.92 Å². The summed E-state index contributed by atoms with van der Waals surface area (Å²) in [7, 11) is 0. The molecule has 0 fully saturated rings. The molecule has 0 aliphatic heterocycles. The molecule has 0 aromatic heterocycles. The Morgan fingerprint density at radius 1 is 1.45 bits per heavy atom. The molecular formula is C8H19NO2. The highest BCUT2D eigenvalue weighted by Gasteiger charge is 1.87. The Morgan fingerprint density at radius 3 is 2.36 bits per heavy atom. The van der Waals surface area contributed by atoms with E-state index in [1.807, 2.05) is 20.8 Å². The molecule has 68 valence electrons. The summed E-state index contributed by atoms with van der Waals surface area (Å²) in [6.45, 7) is 9.35. The predicted molar refractivity (Wildman–Crippen MR) is 46.5 cm³/mol. The van der Waals surface area contributed by atoms with E-state index < -0.39 is 0 Å². The summed E-state index contributed by atoms with van der Waals surface area (Å²) < 4.78 is 4.97. The van der Waals surface area contributed by atoms with Crippen LogP contribution in [-0.2, 0) is 9.53 Å². The van der Waals surface area contributed by atoms with Gasteiger partial charge in [-0.15, -0.1) is 0 Å². The fourth-order valence-corrected chi connectivity index (χ4v) is 0.444. The van der Waals surface area contributed by atoms with Crippen LogP contribution in [0.3, 0.4) is 0 Å². The van der Waals surface area contributed by atoms with Crippen LogP contribution in [0, 0.1) is 0 Å². The first-order chi connectivity index (χ1) is 5.27. The molecule has 0 aliphatic rings. The highest BCUT2D eigenvalue weighted by Crippen LogP contribution is 1.69. The summed E-state index contributed by atoms with van der Waals surface area (Å²) >= 11 is 0. The number of hydrogen-bond acceptors (Lipinski definition) is 2. The van der Waals surface area contributed by atoms with Gasteiger partial charge in [0.1, 0.15) is 0 Å². The zero-order valence-corrected chi connectivity index (χ0v) is 7.94. The fraction of sp³-hybridized carbons (Fsp3) is 0.875. The van der Waals surface area contributed by atoms with Crippen molar-refractivity contribution in [3.05, 3.63) is 0 Å². The Morgan fingerprint density at radius 2 is 2.00 bits per heavy atom. The summed E-state index contributed by atoms with van der Waals surface area (Å²) in [4.78, 5) is 10.2. The molecule has 0 saturated heterocycles. The molecule has 1 N–H and O–H groups in total. The van der Waals surface area contributed by atoms with Crippen LogP contribution in [0.5, 0.6) is 0 Å². The lowest BCUT2D eigenvalue weighted by Crippen LogP contribution is -2.24. The molecule has 0 aromatic carbocycles. The second-order valence-corrected chi connectivity index (χ2v) is 1.68. The Hall–Kier alpha value is -0.570. The van der Waals surface area contributed by atoms with Gasteiger partial charge in [0.05, 0.1) is 6.61 Å². The van der Waals surface area contributed by atoms with Crippen LogP contribution in [-0.4, -0.2) is 25.7 Å². The van der Waals surface area contributed by atoms with Crippen molar-refractivity contribution >= 4 is 5.91 Å². The monoisotopic (exact) mass is 161 g/mol. The normalized spacial score (nSPS) is 8.00. The molecule has 0 unspecified atom stereocenters. The zero-order valence-electron chi connectivity index (χ0n) is 7.94. The molecule has 0 heterocycles. The van der Waals surface area contributed by atoms with Crippen LogP contribution in [0.1, 0.15) is 27.7 Å². The average Bonchev–Trinajstić information content (AvgIpc) is 2.02. The lowest BCUT2D eigenvalue weighted by molar-refractivity contribution is -0.119. The molecule has 1 amide bonds. The van der Waals surface area contributed by atoms with Crippen molar-refractivity contribution in [2.45, 2.75) is 27.7 Å². The topological polar surface area (TPSA) is 38.3 Å². The van der Waals surface area contributed by atoms with Gasteiger partial charge in [0, 0.05) is 20.1 Å². The summed E-state index contributed by atoms with van der Waals surface area (Å²) in [6.07, 6.45) is 0. The molecule has 0 atom stereocenters. The number of amides is 1. The van der Waals surface area contributed by atoms with E-state index in [-0.39, 0.29) is 5.91 Å². The summed E-state index contributed by atoms with van der Waals surface area (Å²) in [5.74, 6) is -0.00490. The summed E-state index contributed by atoms with van der Waals surface area (Å²) in [5, 5.41) is 2.62. The van der Waals surface area contributed by atoms with Gasteiger partial charge in [-0.2, -0.15) is 0 Å². The molecule has 0 radical (unpaired) electrons. The van der Waals surface area contributed by atoms with E-state index in [0.717, 1.165) is 0 Å². The number of nitrogens with one attached hydrogen (secondary N) is 1. The van der Waals surface area contributed by atoms with E-state index in [9.17, 15) is 4.79 Å². The minimum absolute atomic E-state index is 0.00490. The maximum Gasteiger partial charge on any atom is 0.216 e. The minimum atomic E-state index is -0.00490. The smallest absolute Gasteiger partial charge is 0.216 e. The number of ether oxygens (including phenoxy) is 1. The van der Waals surface area contributed by atoms with Crippen LogP contribution in [0.15, 0.2) is 0 Å². The van der Waals surface area contributed by atoms with E-state index >= 15 is 0 Å². The summed E-state index contributed by atoms with van der Waals surface area (Å²) in [5.41, 5.74) is 0. The molecular weight excluding hydrogens is 142 g/mol. The van der Waals surface area contributed by atoms with Crippen LogP contribution in [0.25, 0.3) is 0 Å². The zero-order chi connectivity index (χ0) is 9.11. The predicted octanol–water partition coefficient (Wildman–Crippen LogP) is 1.19. The quantitative estimate of drug-likeness (QED) is 0.629. The van der Waals surface area contributed by atoms with E-state index in [1.54, 1.807) is 0 Å². The van der Waals surface area contributed by atoms with Gasteiger partial charge in [0.15, 0.2) is 0 Å². The second kappa shape index (κ2) is 12.1. The van der Waals surface area contributed by atoms with E-state index in [1.165, 1.54) is 6.92 Å². The van der Waals surface area contributed by atoms with Crippen molar-refractivity contribution in [1.82, 2.24) is 5.32 Å². The molecule has 3 nitrogen and oxygen atoms in total. The lowest BCUT2D eigenvalue weighted by Gasteiger charge is -2.00. The first kappa shape index (κ1) is 13.1. The van der Waals surface area contributed by atoms with Gasteiger partial charge in [0.2, 0.25) is 5.91 Å². The van der Waals surface area contributed by atoms with Crippen LogP contribution >= 0.6 is 0 Å². The van der Waals surface area contributed by atoms with Crippen LogP contribution in [0.4, 0.5) is 0 Å². The van der Waals surface area contributed by atoms with Gasteiger partial charge in [-0.3, -0.25) is 4.79 Å². The van der Waals surface area contributed by atoms with Crippen molar-refractivity contribution < 1.29 is 9.53 Å². The van der Waals surface area contributed by atoms with Gasteiger partial charge in [-0.25, -0.2) is 0 Å². The summed E-state index contributed by atoms with van der Waals surface area (Å²) in [6, 6.07) is 0. The van der Waals surface area contributed by atoms with Gasteiger partial charge in [-0.1, -0.05) is 13.8 Å². The Balaban J connectivity index is 0. The second-order valence-electron chi connectivity index (χ2n) is 1.68. The largest absolute Gasteiger partial charge is 0.380 e. The van der Waals surface area contributed by atoms with Crippen LogP contribution < -0.4 is 5.32 Å². The van der Waals surface area contributed by atoms with Gasteiger partial charge >= 0.3 is 0 Å². The molecule has 0 saturated carbocycles. The van der Waals surface area contributed by atoms with Crippen molar-refractivity contribution in [2.24, 2.45) is 0 Å². The van der Waals surface area contributed by atoms with Crippen molar-refractivity contribution in [2.75, 3.05) is 19.8 Å². The first-order valence-corrected chi connectivity index (χ1v) is 4.09. The average molecular weight is 161 g/mol. The van der Waals surface area contributed by atoms with E-state index in [4.69, 9.17) is 4.74 Å². The van der Waals surface area contributed by atoms with E-state index in [0.29, 0.717) is 19.8 Å². The molecule has 0 bridgehead atoms. The highest BCUT2D eigenvalue weighted by molar-refractivity contribution is 5.72. The van der Waals surface area contributed by atoms with Gasteiger partial charge in [0.25, 0.3) is 0 Å². The SMILES string of the molecule is CC.CCOCCNC(C)=O. The standard InChI is InChI=1S/C6H13NO2.C2H6/c1-3-9-5-4-7-6(2)8;1-2/h3-5H2,1-2H3,(H,7,8);1-2H3. The maximum atomic E-state index is 10.2. The molecule has 0 rings (SSSR count). The van der Waals surface area contributed by atoms with Crippen molar-refractivity contribution in [3.8, 4) is 0 Å². The minimum Gasteiger partial charge on any atom is -0.380 e. The molecule has 3 heteroatoms.